The SMILES string of the molecule is Cc1nc(N2CCC[C@H]3CCCC[C@H]32)ccc1N. The van der Waals surface area contributed by atoms with Crippen molar-refractivity contribution in [3.05, 3.63) is 17.8 Å². The van der Waals surface area contributed by atoms with Crippen LogP contribution < -0.4 is 10.6 Å². The summed E-state index contributed by atoms with van der Waals surface area (Å²) in [6.45, 7) is 3.17. The molecule has 2 heterocycles. The van der Waals surface area contributed by atoms with Gasteiger partial charge >= 0.3 is 0 Å². The molecule has 3 rings (SSSR count). The number of pyridine rings is 1. The summed E-state index contributed by atoms with van der Waals surface area (Å²) >= 11 is 0. The highest BCUT2D eigenvalue weighted by Crippen LogP contribution is 2.37. The minimum atomic E-state index is 0.725. The van der Waals surface area contributed by atoms with E-state index in [0.717, 1.165) is 35.7 Å². The van der Waals surface area contributed by atoms with Crippen LogP contribution in [0.5, 0.6) is 0 Å². The van der Waals surface area contributed by atoms with E-state index in [2.05, 4.69) is 16.0 Å². The first-order valence-electron chi connectivity index (χ1n) is 7.25. The van der Waals surface area contributed by atoms with Crippen molar-refractivity contribution < 1.29 is 0 Å². The summed E-state index contributed by atoms with van der Waals surface area (Å²) in [4.78, 5) is 7.23. The van der Waals surface area contributed by atoms with Crippen LogP contribution in [0.4, 0.5) is 11.5 Å². The highest BCUT2D eigenvalue weighted by atomic mass is 15.2. The van der Waals surface area contributed by atoms with Gasteiger partial charge in [0.25, 0.3) is 0 Å². The Morgan fingerprint density at radius 3 is 2.78 bits per heavy atom. The molecule has 0 bridgehead atoms. The predicted octanol–water partition coefficient (Wildman–Crippen LogP) is 3.13. The molecule has 0 radical (unpaired) electrons. The van der Waals surface area contributed by atoms with E-state index in [4.69, 9.17) is 5.73 Å². The molecule has 2 atom stereocenters. The van der Waals surface area contributed by atoms with E-state index in [-0.39, 0.29) is 0 Å². The lowest BCUT2D eigenvalue weighted by Crippen LogP contribution is -2.47. The topological polar surface area (TPSA) is 42.2 Å². The van der Waals surface area contributed by atoms with Gasteiger partial charge in [0.15, 0.2) is 0 Å². The monoisotopic (exact) mass is 245 g/mol. The molecule has 0 amide bonds. The zero-order chi connectivity index (χ0) is 12.5. The van der Waals surface area contributed by atoms with Crippen LogP contribution >= 0.6 is 0 Å². The Morgan fingerprint density at radius 1 is 1.17 bits per heavy atom. The Labute approximate surface area is 109 Å². The second-order valence-electron chi connectivity index (χ2n) is 5.79. The Kier molecular flexibility index (Phi) is 3.14. The third-order valence-electron chi connectivity index (χ3n) is 4.65. The molecule has 1 aromatic heterocycles. The Bertz CT molecular complexity index is 428. The number of hydrogen-bond donors (Lipinski definition) is 1. The van der Waals surface area contributed by atoms with Gasteiger partial charge in [0.2, 0.25) is 0 Å². The second kappa shape index (κ2) is 4.79. The van der Waals surface area contributed by atoms with Crippen LogP contribution in [0.15, 0.2) is 12.1 Å². The average Bonchev–Trinajstić information content (AvgIpc) is 2.41. The van der Waals surface area contributed by atoms with Crippen LogP contribution in [0.3, 0.4) is 0 Å². The van der Waals surface area contributed by atoms with Crippen molar-refractivity contribution >= 4 is 11.5 Å². The normalized spacial score (nSPS) is 27.9. The van der Waals surface area contributed by atoms with Crippen molar-refractivity contribution in [2.45, 2.75) is 51.5 Å². The molecule has 1 saturated carbocycles. The maximum Gasteiger partial charge on any atom is 0.129 e. The molecule has 1 aliphatic heterocycles. The van der Waals surface area contributed by atoms with E-state index in [0.29, 0.717) is 0 Å². The van der Waals surface area contributed by atoms with Gasteiger partial charge in [0.1, 0.15) is 5.82 Å². The Hall–Kier alpha value is -1.25. The minimum absolute atomic E-state index is 0.725. The molecule has 1 aromatic rings. The Balaban J connectivity index is 1.87. The number of aryl methyl sites for hydroxylation is 1. The predicted molar refractivity (Wildman–Crippen MR) is 75.7 cm³/mol. The standard InChI is InChI=1S/C15H23N3/c1-11-13(16)8-9-15(17-11)18-10-4-6-12-5-2-3-7-14(12)18/h8-9,12,14H,2-7,10,16H2,1H3/t12-,14-/m1/s1. The van der Waals surface area contributed by atoms with Crippen molar-refractivity contribution in [1.29, 1.82) is 0 Å². The molecule has 0 spiro atoms. The molecular formula is C15H23N3. The van der Waals surface area contributed by atoms with Gasteiger partial charge in [-0.05, 0) is 50.7 Å². The van der Waals surface area contributed by atoms with E-state index in [9.17, 15) is 0 Å². The minimum Gasteiger partial charge on any atom is -0.397 e. The summed E-state index contributed by atoms with van der Waals surface area (Å²) < 4.78 is 0. The number of nitrogens with two attached hydrogens (primary N) is 1. The first-order valence-corrected chi connectivity index (χ1v) is 7.25. The number of anilines is 2. The lowest BCUT2D eigenvalue weighted by Gasteiger charge is -2.44. The number of nitrogen functional groups attached to an aromatic ring is 1. The molecule has 98 valence electrons. The maximum atomic E-state index is 5.87. The number of hydrogen-bond acceptors (Lipinski definition) is 3. The van der Waals surface area contributed by atoms with E-state index in [1.165, 1.54) is 38.5 Å². The average molecular weight is 245 g/mol. The summed E-state index contributed by atoms with van der Waals surface area (Å²) in [5.74, 6) is 2.03. The largest absolute Gasteiger partial charge is 0.397 e. The number of piperidine rings is 1. The van der Waals surface area contributed by atoms with E-state index < -0.39 is 0 Å². The molecule has 1 saturated heterocycles. The fraction of sp³-hybridized carbons (Fsp3) is 0.667. The van der Waals surface area contributed by atoms with Gasteiger partial charge in [-0.2, -0.15) is 0 Å². The fourth-order valence-corrected chi connectivity index (χ4v) is 3.63. The van der Waals surface area contributed by atoms with Crippen LogP contribution in [0, 0.1) is 12.8 Å². The lowest BCUT2D eigenvalue weighted by atomic mass is 9.78. The highest BCUT2D eigenvalue weighted by molar-refractivity contribution is 5.51. The lowest BCUT2D eigenvalue weighted by molar-refractivity contribution is 0.242. The van der Waals surface area contributed by atoms with Crippen LogP contribution in [-0.2, 0) is 0 Å². The number of rotatable bonds is 1. The van der Waals surface area contributed by atoms with E-state index in [1.807, 2.05) is 13.0 Å². The third kappa shape index (κ3) is 2.06. The van der Waals surface area contributed by atoms with Crippen molar-refractivity contribution in [3.8, 4) is 0 Å². The van der Waals surface area contributed by atoms with Gasteiger partial charge in [0.05, 0.1) is 11.4 Å². The maximum absolute atomic E-state index is 5.87. The molecule has 18 heavy (non-hydrogen) atoms. The summed E-state index contributed by atoms with van der Waals surface area (Å²) in [7, 11) is 0. The summed E-state index contributed by atoms with van der Waals surface area (Å²) in [5.41, 5.74) is 7.63. The summed E-state index contributed by atoms with van der Waals surface area (Å²) in [5, 5.41) is 0. The molecule has 3 heteroatoms. The smallest absolute Gasteiger partial charge is 0.129 e. The molecule has 3 nitrogen and oxygen atoms in total. The van der Waals surface area contributed by atoms with Gasteiger partial charge in [-0.1, -0.05) is 12.8 Å². The van der Waals surface area contributed by atoms with Crippen molar-refractivity contribution in [2.24, 2.45) is 5.92 Å². The van der Waals surface area contributed by atoms with Gasteiger partial charge < -0.3 is 10.6 Å². The fourth-order valence-electron chi connectivity index (χ4n) is 3.63. The number of nitrogens with zero attached hydrogens (tertiary/aromatic N) is 2. The van der Waals surface area contributed by atoms with Gasteiger partial charge in [0, 0.05) is 12.6 Å². The molecule has 2 fully saturated rings. The van der Waals surface area contributed by atoms with Crippen molar-refractivity contribution in [1.82, 2.24) is 4.98 Å². The molecule has 2 aliphatic rings. The van der Waals surface area contributed by atoms with E-state index >= 15 is 0 Å². The molecule has 1 aliphatic carbocycles. The summed E-state index contributed by atoms with van der Waals surface area (Å²) in [6, 6.07) is 4.83. The zero-order valence-electron chi connectivity index (χ0n) is 11.2. The van der Waals surface area contributed by atoms with Crippen LogP contribution in [0.25, 0.3) is 0 Å². The van der Waals surface area contributed by atoms with Gasteiger partial charge in [-0.25, -0.2) is 4.98 Å². The van der Waals surface area contributed by atoms with Gasteiger partial charge in [-0.15, -0.1) is 0 Å². The van der Waals surface area contributed by atoms with Gasteiger partial charge in [-0.3, -0.25) is 0 Å². The Morgan fingerprint density at radius 2 is 1.94 bits per heavy atom. The first-order chi connectivity index (χ1) is 8.75. The van der Waals surface area contributed by atoms with Crippen LogP contribution in [0.1, 0.15) is 44.2 Å². The van der Waals surface area contributed by atoms with Crippen molar-refractivity contribution in [3.63, 3.8) is 0 Å². The molecule has 2 N–H and O–H groups in total. The quantitative estimate of drug-likeness (QED) is 0.826. The van der Waals surface area contributed by atoms with Crippen LogP contribution in [-0.4, -0.2) is 17.6 Å². The number of aromatic nitrogens is 1. The van der Waals surface area contributed by atoms with E-state index in [1.54, 1.807) is 0 Å². The first kappa shape index (κ1) is 11.8. The second-order valence-corrected chi connectivity index (χ2v) is 5.79. The number of fused-ring (bicyclic) bond motifs is 1. The zero-order valence-corrected chi connectivity index (χ0v) is 11.2. The third-order valence-corrected chi connectivity index (χ3v) is 4.65. The highest BCUT2D eigenvalue weighted by Gasteiger charge is 2.33. The van der Waals surface area contributed by atoms with Crippen molar-refractivity contribution in [2.75, 3.05) is 17.2 Å². The van der Waals surface area contributed by atoms with Crippen LogP contribution in [0.2, 0.25) is 0 Å². The summed E-state index contributed by atoms with van der Waals surface area (Å²) in [6.07, 6.45) is 8.28. The molecule has 0 unspecified atom stereocenters. The molecular weight excluding hydrogens is 222 g/mol. The molecule has 0 aromatic carbocycles.